The Morgan fingerprint density at radius 1 is 1.24 bits per heavy atom. The van der Waals surface area contributed by atoms with Crippen molar-refractivity contribution in [3.63, 3.8) is 0 Å². The predicted octanol–water partition coefficient (Wildman–Crippen LogP) is 3.23. The molecule has 1 atom stereocenters. The van der Waals surface area contributed by atoms with Crippen molar-refractivity contribution in [1.29, 1.82) is 0 Å². The largest absolute Gasteiger partial charge is 0.348 e. The molecule has 0 bridgehead atoms. The molecule has 134 valence electrons. The van der Waals surface area contributed by atoms with Gasteiger partial charge in [-0.2, -0.15) is 0 Å². The van der Waals surface area contributed by atoms with Crippen molar-refractivity contribution in [2.24, 2.45) is 5.41 Å². The van der Waals surface area contributed by atoms with Crippen LogP contribution in [0.5, 0.6) is 0 Å². The number of amides is 3. The standard InChI is InChI=1S/C19H23ClN2O3/c1-13(14-7-3-4-8-15(14)20)21-16(23)12-22-17(24)11-19(18(22)25)9-5-2-6-10-19/h3-4,7-8,13H,2,5-6,9-12H2,1H3,(H,21,23)/t13-/m1/s1. The van der Waals surface area contributed by atoms with Crippen LogP contribution < -0.4 is 5.32 Å². The topological polar surface area (TPSA) is 66.5 Å². The molecular weight excluding hydrogens is 340 g/mol. The minimum Gasteiger partial charge on any atom is -0.348 e. The predicted molar refractivity (Wildman–Crippen MR) is 94.9 cm³/mol. The first kappa shape index (κ1) is 17.9. The number of rotatable bonds is 4. The van der Waals surface area contributed by atoms with Crippen molar-refractivity contribution in [2.45, 2.75) is 51.5 Å². The summed E-state index contributed by atoms with van der Waals surface area (Å²) >= 11 is 6.15. The van der Waals surface area contributed by atoms with Crippen molar-refractivity contribution in [3.8, 4) is 0 Å². The number of carbonyl (C=O) groups is 3. The van der Waals surface area contributed by atoms with Crippen molar-refractivity contribution >= 4 is 29.3 Å². The second kappa shape index (κ2) is 7.16. The van der Waals surface area contributed by atoms with Gasteiger partial charge in [0.25, 0.3) is 0 Å². The van der Waals surface area contributed by atoms with Crippen molar-refractivity contribution in [2.75, 3.05) is 6.54 Å². The molecule has 3 amide bonds. The number of hydrogen-bond donors (Lipinski definition) is 1. The van der Waals surface area contributed by atoms with Crippen molar-refractivity contribution < 1.29 is 14.4 Å². The second-order valence-electron chi connectivity index (χ2n) is 7.11. The molecule has 1 spiro atoms. The van der Waals surface area contributed by atoms with E-state index in [0.717, 1.165) is 42.6 Å². The SMILES string of the molecule is C[C@@H](NC(=O)CN1C(=O)CC2(CCCCC2)C1=O)c1ccccc1Cl. The third kappa shape index (κ3) is 3.56. The van der Waals surface area contributed by atoms with E-state index in [4.69, 9.17) is 11.6 Å². The van der Waals surface area contributed by atoms with Crippen LogP contribution in [0.3, 0.4) is 0 Å². The minimum atomic E-state index is -0.552. The summed E-state index contributed by atoms with van der Waals surface area (Å²) in [7, 11) is 0. The first-order chi connectivity index (χ1) is 11.9. The normalized spacial score (nSPS) is 20.8. The van der Waals surface area contributed by atoms with Gasteiger partial charge in [-0.15, -0.1) is 0 Å². The van der Waals surface area contributed by atoms with Gasteiger partial charge >= 0.3 is 0 Å². The van der Waals surface area contributed by atoms with Crippen molar-refractivity contribution in [1.82, 2.24) is 10.2 Å². The molecule has 2 aliphatic rings. The fraction of sp³-hybridized carbons (Fsp3) is 0.526. The lowest BCUT2D eigenvalue weighted by molar-refractivity contribution is -0.145. The number of likely N-dealkylation sites (tertiary alicyclic amines) is 1. The average molecular weight is 363 g/mol. The van der Waals surface area contributed by atoms with Crippen LogP contribution in [-0.4, -0.2) is 29.2 Å². The zero-order valence-corrected chi connectivity index (χ0v) is 15.1. The molecule has 1 saturated carbocycles. The van der Waals surface area contributed by atoms with Crippen LogP contribution in [0.25, 0.3) is 0 Å². The highest BCUT2D eigenvalue weighted by Gasteiger charge is 2.51. The van der Waals surface area contributed by atoms with Gasteiger partial charge in [0.15, 0.2) is 0 Å². The van der Waals surface area contributed by atoms with E-state index in [1.54, 1.807) is 6.07 Å². The number of carbonyl (C=O) groups excluding carboxylic acids is 3. The Morgan fingerprint density at radius 3 is 2.60 bits per heavy atom. The molecule has 25 heavy (non-hydrogen) atoms. The quantitative estimate of drug-likeness (QED) is 0.836. The molecule has 0 radical (unpaired) electrons. The number of halogens is 1. The molecule has 6 heteroatoms. The lowest BCUT2D eigenvalue weighted by Crippen LogP contribution is -2.43. The van der Waals surface area contributed by atoms with Gasteiger partial charge in [0.05, 0.1) is 11.5 Å². The Bertz CT molecular complexity index is 698. The summed E-state index contributed by atoms with van der Waals surface area (Å²) < 4.78 is 0. The van der Waals surface area contributed by atoms with Gasteiger partial charge in [0.1, 0.15) is 6.54 Å². The Balaban J connectivity index is 1.64. The van der Waals surface area contributed by atoms with Crippen LogP contribution >= 0.6 is 11.6 Å². The van der Waals surface area contributed by atoms with Gasteiger partial charge in [0, 0.05) is 11.4 Å². The molecule has 1 aliphatic heterocycles. The molecule has 0 aromatic heterocycles. The summed E-state index contributed by atoms with van der Waals surface area (Å²) in [5.41, 5.74) is 0.254. The first-order valence-corrected chi connectivity index (χ1v) is 9.19. The highest BCUT2D eigenvalue weighted by atomic mass is 35.5. The van der Waals surface area contributed by atoms with Crippen molar-refractivity contribution in [3.05, 3.63) is 34.9 Å². The molecular formula is C19H23ClN2O3. The summed E-state index contributed by atoms with van der Waals surface area (Å²) in [6.07, 6.45) is 4.82. The molecule has 2 fully saturated rings. The molecule has 1 N–H and O–H groups in total. The van der Waals surface area contributed by atoms with Gasteiger partial charge < -0.3 is 5.32 Å². The number of hydrogen-bond acceptors (Lipinski definition) is 3. The van der Waals surface area contributed by atoms with Gasteiger partial charge in [0.2, 0.25) is 17.7 Å². The van der Waals surface area contributed by atoms with Crippen LogP contribution in [0.2, 0.25) is 5.02 Å². The van der Waals surface area contributed by atoms with Gasteiger partial charge in [-0.05, 0) is 31.4 Å². The Morgan fingerprint density at radius 2 is 1.92 bits per heavy atom. The van der Waals surface area contributed by atoms with Crippen LogP contribution in [-0.2, 0) is 14.4 Å². The Kier molecular flexibility index (Phi) is 5.13. The lowest BCUT2D eigenvalue weighted by Gasteiger charge is -2.30. The van der Waals surface area contributed by atoms with Gasteiger partial charge in [-0.25, -0.2) is 0 Å². The van der Waals surface area contributed by atoms with E-state index in [9.17, 15) is 14.4 Å². The van der Waals surface area contributed by atoms with Crippen LogP contribution in [0.1, 0.15) is 57.1 Å². The third-order valence-electron chi connectivity index (χ3n) is 5.35. The van der Waals surface area contributed by atoms with E-state index in [2.05, 4.69) is 5.32 Å². The monoisotopic (exact) mass is 362 g/mol. The first-order valence-electron chi connectivity index (χ1n) is 8.81. The summed E-state index contributed by atoms with van der Waals surface area (Å²) in [6.45, 7) is 1.61. The maximum absolute atomic E-state index is 12.7. The van der Waals surface area contributed by atoms with Crippen LogP contribution in [0, 0.1) is 5.41 Å². The lowest BCUT2D eigenvalue weighted by atomic mass is 9.73. The third-order valence-corrected chi connectivity index (χ3v) is 5.70. The highest BCUT2D eigenvalue weighted by Crippen LogP contribution is 2.45. The van der Waals surface area contributed by atoms with Gasteiger partial charge in [-0.1, -0.05) is 49.1 Å². The van der Waals surface area contributed by atoms with Crippen LogP contribution in [0.15, 0.2) is 24.3 Å². The summed E-state index contributed by atoms with van der Waals surface area (Å²) in [6, 6.07) is 6.99. The van der Waals surface area contributed by atoms with E-state index in [0.29, 0.717) is 5.02 Å². The molecule has 1 aromatic rings. The number of nitrogens with zero attached hydrogens (tertiary/aromatic N) is 1. The average Bonchev–Trinajstić information content (AvgIpc) is 2.80. The van der Waals surface area contributed by atoms with E-state index in [1.807, 2.05) is 25.1 Å². The molecule has 1 heterocycles. The van der Waals surface area contributed by atoms with Gasteiger partial charge in [-0.3, -0.25) is 19.3 Å². The van der Waals surface area contributed by atoms with E-state index < -0.39 is 5.41 Å². The number of nitrogens with one attached hydrogen (secondary N) is 1. The molecule has 1 aromatic carbocycles. The number of benzene rings is 1. The second-order valence-corrected chi connectivity index (χ2v) is 7.52. The zero-order chi connectivity index (χ0) is 18.0. The Hall–Kier alpha value is -1.88. The Labute approximate surface area is 152 Å². The van der Waals surface area contributed by atoms with E-state index in [-0.39, 0.29) is 36.7 Å². The van der Waals surface area contributed by atoms with E-state index >= 15 is 0 Å². The maximum Gasteiger partial charge on any atom is 0.240 e. The fourth-order valence-electron chi connectivity index (χ4n) is 3.97. The summed E-state index contributed by atoms with van der Waals surface area (Å²) in [4.78, 5) is 38.5. The van der Waals surface area contributed by atoms with E-state index in [1.165, 1.54) is 0 Å². The summed E-state index contributed by atoms with van der Waals surface area (Å²) in [5.74, 6) is -0.743. The summed E-state index contributed by atoms with van der Waals surface area (Å²) in [5, 5.41) is 3.40. The molecule has 3 rings (SSSR count). The fourth-order valence-corrected chi connectivity index (χ4v) is 4.27. The highest BCUT2D eigenvalue weighted by molar-refractivity contribution is 6.31. The molecule has 0 unspecified atom stereocenters. The smallest absolute Gasteiger partial charge is 0.240 e. The zero-order valence-electron chi connectivity index (χ0n) is 14.4. The molecule has 5 nitrogen and oxygen atoms in total. The molecule has 1 aliphatic carbocycles. The van der Waals surface area contributed by atoms with Crippen LogP contribution in [0.4, 0.5) is 0 Å². The number of imide groups is 1. The minimum absolute atomic E-state index is 0.169. The maximum atomic E-state index is 12.7. The molecule has 1 saturated heterocycles.